The van der Waals surface area contributed by atoms with E-state index in [1.165, 1.54) is 30.9 Å². The molecule has 3 rings (SSSR count). The number of hydrogen-bond acceptors (Lipinski definition) is 8. The van der Waals surface area contributed by atoms with E-state index in [-0.39, 0.29) is 17.3 Å². The van der Waals surface area contributed by atoms with Gasteiger partial charge in [-0.05, 0) is 25.0 Å². The molecule has 24 heavy (non-hydrogen) atoms. The van der Waals surface area contributed by atoms with Crippen molar-refractivity contribution in [1.82, 2.24) is 20.4 Å². The molecule has 3 heterocycles. The standard InChI is InChI=1S/C14H15N7O3/c22-14(10-3-5-15-6-4-10)19-18-12-11(21(23)24)13(17-9-16-12)20-7-1-2-8-20/h3-6,9H,1-2,7-8H2,(H,19,22)(H,16,17,18). The number of amides is 1. The highest BCUT2D eigenvalue weighted by Crippen LogP contribution is 2.33. The van der Waals surface area contributed by atoms with Crippen molar-refractivity contribution >= 4 is 23.2 Å². The maximum Gasteiger partial charge on any atom is 0.355 e. The van der Waals surface area contributed by atoms with Crippen LogP contribution >= 0.6 is 0 Å². The summed E-state index contributed by atoms with van der Waals surface area (Å²) in [5.74, 6) is -0.250. The third-order valence-electron chi connectivity index (χ3n) is 3.63. The van der Waals surface area contributed by atoms with Crippen LogP contribution in [0.4, 0.5) is 17.3 Å². The number of anilines is 2. The average molecular weight is 329 g/mol. The Morgan fingerprint density at radius 2 is 1.92 bits per heavy atom. The molecule has 10 nitrogen and oxygen atoms in total. The zero-order valence-corrected chi connectivity index (χ0v) is 12.7. The zero-order valence-electron chi connectivity index (χ0n) is 12.7. The van der Waals surface area contributed by atoms with Crippen LogP contribution in [0.1, 0.15) is 23.2 Å². The number of carbonyl (C=O) groups is 1. The highest BCUT2D eigenvalue weighted by Gasteiger charge is 2.28. The predicted molar refractivity (Wildman–Crippen MR) is 85.5 cm³/mol. The lowest BCUT2D eigenvalue weighted by Gasteiger charge is -2.17. The average Bonchev–Trinajstić information content (AvgIpc) is 3.14. The molecule has 2 aromatic heterocycles. The fourth-order valence-electron chi connectivity index (χ4n) is 2.48. The molecule has 0 aliphatic carbocycles. The second kappa shape index (κ2) is 6.86. The number of nitrogens with one attached hydrogen (secondary N) is 2. The second-order valence-electron chi connectivity index (χ2n) is 5.16. The Hall–Kier alpha value is -3.30. The van der Waals surface area contributed by atoms with Gasteiger partial charge in [0.05, 0.1) is 4.92 Å². The summed E-state index contributed by atoms with van der Waals surface area (Å²) in [6.45, 7) is 1.42. The fraction of sp³-hybridized carbons (Fsp3) is 0.286. The number of hydrogen-bond donors (Lipinski definition) is 2. The predicted octanol–water partition coefficient (Wildman–Crippen LogP) is 1.14. The van der Waals surface area contributed by atoms with Crippen LogP contribution in [0.5, 0.6) is 0 Å². The molecule has 2 N–H and O–H groups in total. The van der Waals surface area contributed by atoms with Crippen LogP contribution in [0.2, 0.25) is 0 Å². The van der Waals surface area contributed by atoms with Crippen molar-refractivity contribution in [2.24, 2.45) is 0 Å². The van der Waals surface area contributed by atoms with Crippen molar-refractivity contribution in [2.45, 2.75) is 12.8 Å². The summed E-state index contributed by atoms with van der Waals surface area (Å²) in [5, 5.41) is 11.5. The number of aromatic nitrogens is 3. The molecule has 10 heteroatoms. The van der Waals surface area contributed by atoms with Gasteiger partial charge in [-0.3, -0.25) is 30.7 Å². The van der Waals surface area contributed by atoms with Crippen LogP contribution in [0.25, 0.3) is 0 Å². The minimum Gasteiger partial charge on any atom is -0.351 e. The van der Waals surface area contributed by atoms with Gasteiger partial charge >= 0.3 is 5.69 Å². The highest BCUT2D eigenvalue weighted by molar-refractivity contribution is 5.94. The van der Waals surface area contributed by atoms with E-state index in [0.29, 0.717) is 18.7 Å². The highest BCUT2D eigenvalue weighted by atomic mass is 16.6. The van der Waals surface area contributed by atoms with E-state index >= 15 is 0 Å². The summed E-state index contributed by atoms with van der Waals surface area (Å²) >= 11 is 0. The molecule has 0 unspecified atom stereocenters. The van der Waals surface area contributed by atoms with E-state index in [9.17, 15) is 14.9 Å². The number of rotatable bonds is 5. The maximum absolute atomic E-state index is 12.0. The monoisotopic (exact) mass is 329 g/mol. The van der Waals surface area contributed by atoms with Crippen LogP contribution in [0.15, 0.2) is 30.9 Å². The third-order valence-corrected chi connectivity index (χ3v) is 3.63. The molecule has 0 spiro atoms. The first-order chi connectivity index (χ1) is 11.7. The van der Waals surface area contributed by atoms with Gasteiger partial charge in [0.2, 0.25) is 11.6 Å². The SMILES string of the molecule is O=C(NNc1ncnc(N2CCCC2)c1[N+](=O)[O-])c1ccncc1. The van der Waals surface area contributed by atoms with Crippen LogP contribution < -0.4 is 15.8 Å². The summed E-state index contributed by atoms with van der Waals surface area (Å²) in [6, 6.07) is 3.06. The molecule has 0 atom stereocenters. The Labute approximate surface area is 137 Å². The van der Waals surface area contributed by atoms with E-state index in [1.54, 1.807) is 0 Å². The third kappa shape index (κ3) is 3.21. The summed E-state index contributed by atoms with van der Waals surface area (Å²) in [4.78, 5) is 36.5. The van der Waals surface area contributed by atoms with Crippen LogP contribution in [0.3, 0.4) is 0 Å². The van der Waals surface area contributed by atoms with Gasteiger partial charge in [-0.2, -0.15) is 0 Å². The van der Waals surface area contributed by atoms with Crippen LogP contribution in [-0.4, -0.2) is 38.9 Å². The van der Waals surface area contributed by atoms with Gasteiger partial charge in [0.15, 0.2) is 0 Å². The van der Waals surface area contributed by atoms with Crippen molar-refractivity contribution in [3.05, 3.63) is 46.5 Å². The lowest BCUT2D eigenvalue weighted by Crippen LogP contribution is -2.31. The molecule has 0 aromatic carbocycles. The fourth-order valence-corrected chi connectivity index (χ4v) is 2.48. The zero-order chi connectivity index (χ0) is 16.9. The van der Waals surface area contributed by atoms with Crippen LogP contribution in [-0.2, 0) is 0 Å². The number of hydrazine groups is 1. The lowest BCUT2D eigenvalue weighted by atomic mass is 10.3. The van der Waals surface area contributed by atoms with Gasteiger partial charge in [-0.1, -0.05) is 0 Å². The van der Waals surface area contributed by atoms with E-state index in [1.807, 2.05) is 4.90 Å². The number of nitro groups is 1. The smallest absolute Gasteiger partial charge is 0.351 e. The van der Waals surface area contributed by atoms with Gasteiger partial charge < -0.3 is 4.90 Å². The van der Waals surface area contributed by atoms with Gasteiger partial charge in [0.1, 0.15) is 6.33 Å². The van der Waals surface area contributed by atoms with Crippen molar-refractivity contribution in [1.29, 1.82) is 0 Å². The summed E-state index contributed by atoms with van der Waals surface area (Å²) in [6.07, 6.45) is 6.12. The summed E-state index contributed by atoms with van der Waals surface area (Å²) < 4.78 is 0. The van der Waals surface area contributed by atoms with Crippen molar-refractivity contribution in [2.75, 3.05) is 23.4 Å². The van der Waals surface area contributed by atoms with Gasteiger partial charge in [0.25, 0.3) is 5.91 Å². The molecule has 1 aliphatic rings. The van der Waals surface area contributed by atoms with Crippen molar-refractivity contribution in [3.63, 3.8) is 0 Å². The normalized spacial score (nSPS) is 13.6. The van der Waals surface area contributed by atoms with Crippen molar-refractivity contribution in [3.8, 4) is 0 Å². The molecule has 1 saturated heterocycles. The topological polar surface area (TPSA) is 126 Å². The van der Waals surface area contributed by atoms with Crippen molar-refractivity contribution < 1.29 is 9.72 Å². The first-order valence-corrected chi connectivity index (χ1v) is 7.37. The van der Waals surface area contributed by atoms with E-state index in [0.717, 1.165) is 12.8 Å². The van der Waals surface area contributed by atoms with E-state index in [2.05, 4.69) is 25.8 Å². The van der Waals surface area contributed by atoms with Gasteiger partial charge in [0, 0.05) is 31.0 Å². The Bertz CT molecular complexity index is 747. The Balaban J connectivity index is 1.81. The summed E-state index contributed by atoms with van der Waals surface area (Å²) in [7, 11) is 0. The molecular formula is C14H15N7O3. The molecule has 124 valence electrons. The molecular weight excluding hydrogens is 314 g/mol. The molecule has 0 saturated carbocycles. The number of nitrogens with zero attached hydrogens (tertiary/aromatic N) is 5. The molecule has 2 aromatic rings. The molecule has 1 fully saturated rings. The summed E-state index contributed by atoms with van der Waals surface area (Å²) in [5.41, 5.74) is 5.03. The minimum absolute atomic E-state index is 0.0562. The first kappa shape index (κ1) is 15.6. The number of carbonyl (C=O) groups excluding carboxylic acids is 1. The Morgan fingerprint density at radius 3 is 2.58 bits per heavy atom. The minimum atomic E-state index is -0.547. The maximum atomic E-state index is 12.0. The molecule has 0 bridgehead atoms. The quantitative estimate of drug-likeness (QED) is 0.617. The lowest BCUT2D eigenvalue weighted by molar-refractivity contribution is -0.383. The Kier molecular flexibility index (Phi) is 4.45. The van der Waals surface area contributed by atoms with Gasteiger partial charge in [-0.25, -0.2) is 9.97 Å². The Morgan fingerprint density at radius 1 is 1.21 bits per heavy atom. The first-order valence-electron chi connectivity index (χ1n) is 7.37. The molecule has 0 radical (unpaired) electrons. The van der Waals surface area contributed by atoms with Crippen LogP contribution in [0, 0.1) is 10.1 Å². The molecule has 1 aliphatic heterocycles. The molecule has 1 amide bonds. The largest absolute Gasteiger partial charge is 0.355 e. The van der Waals surface area contributed by atoms with E-state index in [4.69, 9.17) is 0 Å². The van der Waals surface area contributed by atoms with Gasteiger partial charge in [-0.15, -0.1) is 0 Å². The second-order valence-corrected chi connectivity index (χ2v) is 5.16. The van der Waals surface area contributed by atoms with E-state index < -0.39 is 10.8 Å². The number of pyridine rings is 1.